The lowest BCUT2D eigenvalue weighted by molar-refractivity contribution is -0.139. The van der Waals surface area contributed by atoms with E-state index in [-0.39, 0.29) is 30.3 Å². The number of carbonyl (C=O) groups is 2. The Morgan fingerprint density at radius 1 is 1.48 bits per heavy atom. The summed E-state index contributed by atoms with van der Waals surface area (Å²) in [6.07, 6.45) is 0.285. The van der Waals surface area contributed by atoms with Crippen molar-refractivity contribution >= 4 is 23.6 Å². The monoisotopic (exact) mass is 385 g/mol. The van der Waals surface area contributed by atoms with E-state index in [1.54, 1.807) is 31.2 Å². The largest absolute Gasteiger partial charge is 0.497 e. The van der Waals surface area contributed by atoms with Crippen LogP contribution in [0.4, 0.5) is 0 Å². The van der Waals surface area contributed by atoms with Gasteiger partial charge in [0.2, 0.25) is 5.91 Å². The number of rotatable bonds is 4. The van der Waals surface area contributed by atoms with Crippen molar-refractivity contribution in [1.29, 1.82) is 5.26 Å². The molecule has 1 amide bonds. The van der Waals surface area contributed by atoms with Crippen LogP contribution in [0.3, 0.4) is 0 Å². The van der Waals surface area contributed by atoms with Gasteiger partial charge in [-0.1, -0.05) is 12.1 Å². The van der Waals surface area contributed by atoms with Crippen molar-refractivity contribution in [2.45, 2.75) is 19.3 Å². The molecule has 1 aromatic rings. The van der Waals surface area contributed by atoms with Crippen LogP contribution in [0.15, 0.2) is 46.3 Å². The highest BCUT2D eigenvalue weighted by Gasteiger charge is 2.43. The van der Waals surface area contributed by atoms with Crippen molar-refractivity contribution in [3.05, 3.63) is 51.8 Å². The van der Waals surface area contributed by atoms with Gasteiger partial charge in [-0.15, -0.1) is 11.8 Å². The zero-order valence-corrected chi connectivity index (χ0v) is 15.8. The predicted octanol–water partition coefficient (Wildman–Crippen LogP) is 2.23. The lowest BCUT2D eigenvalue weighted by atomic mass is 9.83. The third kappa shape index (κ3) is 3.26. The molecule has 140 valence electrons. The van der Waals surface area contributed by atoms with Gasteiger partial charge in [0.15, 0.2) is 0 Å². The molecule has 3 rings (SSSR count). The molecule has 0 aliphatic carbocycles. The Morgan fingerprint density at radius 3 is 2.93 bits per heavy atom. The van der Waals surface area contributed by atoms with Gasteiger partial charge in [0, 0.05) is 12.2 Å². The van der Waals surface area contributed by atoms with Crippen LogP contribution in [0.1, 0.15) is 24.8 Å². The number of allylic oxidation sites excluding steroid dienone is 1. The SMILES string of the molecule is CCOC(=O)C1=C(N)N2C(=O)CCSC2=C(C#N)C1c1cccc(OC)c1. The molecule has 1 fully saturated rings. The van der Waals surface area contributed by atoms with Gasteiger partial charge in [0.25, 0.3) is 0 Å². The quantitative estimate of drug-likeness (QED) is 0.792. The fourth-order valence-electron chi connectivity index (χ4n) is 3.20. The first-order valence-electron chi connectivity index (χ1n) is 8.44. The van der Waals surface area contributed by atoms with Crippen LogP contribution in [0.5, 0.6) is 5.75 Å². The van der Waals surface area contributed by atoms with Crippen molar-refractivity contribution in [3.8, 4) is 11.8 Å². The number of methoxy groups -OCH3 is 1. The molecule has 0 spiro atoms. The van der Waals surface area contributed by atoms with Gasteiger partial charge >= 0.3 is 5.97 Å². The smallest absolute Gasteiger partial charge is 0.338 e. The number of ether oxygens (including phenoxy) is 2. The molecule has 0 saturated carbocycles. The van der Waals surface area contributed by atoms with E-state index in [4.69, 9.17) is 15.2 Å². The molecule has 2 heterocycles. The summed E-state index contributed by atoms with van der Waals surface area (Å²) in [6.45, 7) is 1.84. The summed E-state index contributed by atoms with van der Waals surface area (Å²) in [4.78, 5) is 26.4. The summed E-state index contributed by atoms with van der Waals surface area (Å²) in [6, 6.07) is 9.28. The van der Waals surface area contributed by atoms with Gasteiger partial charge in [-0.25, -0.2) is 4.79 Å². The number of hydrogen-bond donors (Lipinski definition) is 1. The highest BCUT2D eigenvalue weighted by Crippen LogP contribution is 2.46. The number of benzene rings is 1. The van der Waals surface area contributed by atoms with Crippen LogP contribution >= 0.6 is 11.8 Å². The number of nitriles is 1. The topological polar surface area (TPSA) is 106 Å². The Bertz CT molecular complexity index is 900. The summed E-state index contributed by atoms with van der Waals surface area (Å²) >= 11 is 1.39. The van der Waals surface area contributed by atoms with Gasteiger partial charge in [-0.05, 0) is 24.6 Å². The van der Waals surface area contributed by atoms with Crippen LogP contribution in [0, 0.1) is 11.3 Å². The minimum Gasteiger partial charge on any atom is -0.497 e. The number of carbonyl (C=O) groups excluding carboxylic acids is 2. The first-order valence-corrected chi connectivity index (χ1v) is 9.42. The molecule has 1 atom stereocenters. The second kappa shape index (κ2) is 7.76. The molecule has 1 saturated heterocycles. The first-order chi connectivity index (χ1) is 13.0. The Balaban J connectivity index is 2.25. The maximum Gasteiger partial charge on any atom is 0.338 e. The fraction of sp³-hybridized carbons (Fsp3) is 0.316. The normalized spacial score (nSPS) is 19.5. The maximum atomic E-state index is 12.7. The highest BCUT2D eigenvalue weighted by atomic mass is 32.2. The number of fused-ring (bicyclic) bond motifs is 1. The van der Waals surface area contributed by atoms with E-state index in [1.165, 1.54) is 23.8 Å². The number of esters is 1. The molecule has 0 aromatic heterocycles. The Morgan fingerprint density at radius 2 is 2.26 bits per heavy atom. The van der Waals surface area contributed by atoms with Crippen molar-refractivity contribution in [1.82, 2.24) is 4.90 Å². The third-order valence-electron chi connectivity index (χ3n) is 4.37. The Labute approximate surface area is 161 Å². The number of hydrogen-bond acceptors (Lipinski definition) is 7. The van der Waals surface area contributed by atoms with E-state index in [1.807, 2.05) is 0 Å². The van der Waals surface area contributed by atoms with E-state index in [9.17, 15) is 14.9 Å². The predicted molar refractivity (Wildman–Crippen MR) is 100 cm³/mol. The minimum absolute atomic E-state index is 0.0208. The van der Waals surface area contributed by atoms with Gasteiger partial charge in [-0.3, -0.25) is 9.69 Å². The second-order valence-electron chi connectivity index (χ2n) is 5.89. The zero-order valence-electron chi connectivity index (χ0n) is 15.0. The van der Waals surface area contributed by atoms with E-state index in [0.29, 0.717) is 27.7 Å². The molecule has 27 heavy (non-hydrogen) atoms. The third-order valence-corrected chi connectivity index (χ3v) is 5.46. The molecule has 2 N–H and O–H groups in total. The van der Waals surface area contributed by atoms with Crippen molar-refractivity contribution in [2.75, 3.05) is 19.5 Å². The van der Waals surface area contributed by atoms with Crippen LogP contribution in [-0.4, -0.2) is 36.2 Å². The molecule has 0 radical (unpaired) electrons. The lowest BCUT2D eigenvalue weighted by Crippen LogP contribution is -2.42. The van der Waals surface area contributed by atoms with Crippen LogP contribution < -0.4 is 10.5 Å². The van der Waals surface area contributed by atoms with Gasteiger partial charge in [0.05, 0.1) is 41.9 Å². The van der Waals surface area contributed by atoms with E-state index in [0.717, 1.165) is 0 Å². The van der Waals surface area contributed by atoms with E-state index in [2.05, 4.69) is 6.07 Å². The minimum atomic E-state index is -0.728. The number of nitrogens with zero attached hydrogens (tertiary/aromatic N) is 2. The van der Waals surface area contributed by atoms with E-state index < -0.39 is 11.9 Å². The molecule has 1 unspecified atom stereocenters. The lowest BCUT2D eigenvalue weighted by Gasteiger charge is -2.37. The van der Waals surface area contributed by atoms with Gasteiger partial charge in [-0.2, -0.15) is 5.26 Å². The molecule has 2 aliphatic rings. The van der Waals surface area contributed by atoms with Gasteiger partial charge < -0.3 is 15.2 Å². The van der Waals surface area contributed by atoms with Crippen molar-refractivity contribution < 1.29 is 19.1 Å². The summed E-state index contributed by atoms with van der Waals surface area (Å²) in [5.74, 6) is -0.437. The number of thioether (sulfide) groups is 1. The summed E-state index contributed by atoms with van der Waals surface area (Å²) < 4.78 is 10.5. The molecule has 0 bridgehead atoms. The average molecular weight is 385 g/mol. The average Bonchev–Trinajstić information content (AvgIpc) is 2.67. The number of nitrogens with two attached hydrogens (primary N) is 1. The van der Waals surface area contributed by atoms with Crippen molar-refractivity contribution in [3.63, 3.8) is 0 Å². The molecule has 7 nitrogen and oxygen atoms in total. The highest BCUT2D eigenvalue weighted by molar-refractivity contribution is 8.03. The Kier molecular flexibility index (Phi) is 5.42. The van der Waals surface area contributed by atoms with E-state index >= 15 is 0 Å². The standard InChI is InChI=1S/C19H19N3O4S/c1-3-26-19(24)16-15(11-5-4-6-12(9-11)25-2)13(10-20)18-22(17(16)21)14(23)7-8-27-18/h4-6,9,15H,3,7-8,21H2,1-2H3. The summed E-state index contributed by atoms with van der Waals surface area (Å²) in [5, 5.41) is 10.4. The molecular formula is C19H19N3O4S. The summed E-state index contributed by atoms with van der Waals surface area (Å²) in [5.41, 5.74) is 7.34. The number of amides is 1. The molecule has 2 aliphatic heterocycles. The Hall–Kier alpha value is -2.92. The van der Waals surface area contributed by atoms with Crippen LogP contribution in [-0.2, 0) is 14.3 Å². The zero-order chi connectivity index (χ0) is 19.6. The van der Waals surface area contributed by atoms with Gasteiger partial charge in [0.1, 0.15) is 11.6 Å². The second-order valence-corrected chi connectivity index (χ2v) is 6.97. The van der Waals surface area contributed by atoms with Crippen molar-refractivity contribution in [2.24, 2.45) is 5.73 Å². The molecule has 1 aromatic carbocycles. The first kappa shape index (κ1) is 18.9. The molecule has 8 heteroatoms. The molecular weight excluding hydrogens is 366 g/mol. The fourth-order valence-corrected chi connectivity index (χ4v) is 4.32. The maximum absolute atomic E-state index is 12.7. The summed E-state index contributed by atoms with van der Waals surface area (Å²) in [7, 11) is 1.54. The van der Waals surface area contributed by atoms with Crippen LogP contribution in [0.2, 0.25) is 0 Å². The van der Waals surface area contributed by atoms with Crippen LogP contribution in [0.25, 0.3) is 0 Å².